The number of anilines is 1. The summed E-state index contributed by atoms with van der Waals surface area (Å²) in [7, 11) is 3.14. The summed E-state index contributed by atoms with van der Waals surface area (Å²) in [6.45, 7) is 2.49. The van der Waals surface area contributed by atoms with Crippen LogP contribution in [0.2, 0.25) is 5.02 Å². The van der Waals surface area contributed by atoms with E-state index >= 15 is 0 Å². The van der Waals surface area contributed by atoms with Gasteiger partial charge < -0.3 is 14.8 Å². The average Bonchev–Trinajstić information content (AvgIpc) is 2.46. The third-order valence-corrected chi connectivity index (χ3v) is 3.13. The van der Waals surface area contributed by atoms with Gasteiger partial charge in [-0.25, -0.2) is 9.97 Å². The first-order valence-corrected chi connectivity index (χ1v) is 6.45. The fourth-order valence-electron chi connectivity index (χ4n) is 1.89. The number of aromatic nitrogens is 2. The fraction of sp³-hybridized carbons (Fsp3) is 0.286. The highest BCUT2D eigenvalue weighted by molar-refractivity contribution is 6.30. The Balaban J connectivity index is 2.22. The van der Waals surface area contributed by atoms with Gasteiger partial charge in [-0.2, -0.15) is 0 Å². The predicted molar refractivity (Wildman–Crippen MR) is 78.7 cm³/mol. The zero-order chi connectivity index (χ0) is 14.5. The van der Waals surface area contributed by atoms with Gasteiger partial charge in [0, 0.05) is 10.7 Å². The third kappa shape index (κ3) is 3.11. The molecule has 0 saturated carbocycles. The first-order valence-electron chi connectivity index (χ1n) is 6.07. The van der Waals surface area contributed by atoms with Crippen LogP contribution in [0.1, 0.15) is 11.1 Å². The van der Waals surface area contributed by atoms with Gasteiger partial charge >= 0.3 is 0 Å². The summed E-state index contributed by atoms with van der Waals surface area (Å²) >= 11 is 5.94. The Morgan fingerprint density at radius 1 is 1.15 bits per heavy atom. The molecule has 0 aliphatic heterocycles. The van der Waals surface area contributed by atoms with Crippen molar-refractivity contribution < 1.29 is 9.47 Å². The Hall–Kier alpha value is -2.01. The Morgan fingerprint density at radius 2 is 1.80 bits per heavy atom. The summed E-state index contributed by atoms with van der Waals surface area (Å²) in [6, 6.07) is 5.67. The quantitative estimate of drug-likeness (QED) is 0.918. The van der Waals surface area contributed by atoms with Crippen molar-refractivity contribution in [1.29, 1.82) is 0 Å². The van der Waals surface area contributed by atoms with E-state index in [9.17, 15) is 0 Å². The van der Waals surface area contributed by atoms with Crippen LogP contribution in [0.4, 0.5) is 5.69 Å². The lowest BCUT2D eigenvalue weighted by atomic mass is 10.2. The first kappa shape index (κ1) is 14.4. The molecule has 1 heterocycles. The Morgan fingerprint density at radius 3 is 2.35 bits per heavy atom. The SMILES string of the molecule is COc1ncnc(OC)c1CNc1ccc(Cl)cc1C. The molecular formula is C14H16ClN3O2. The van der Waals surface area contributed by atoms with Gasteiger partial charge in [-0.1, -0.05) is 11.6 Å². The molecule has 0 spiro atoms. The van der Waals surface area contributed by atoms with Gasteiger partial charge in [0.1, 0.15) is 6.33 Å². The summed E-state index contributed by atoms with van der Waals surface area (Å²) in [5, 5.41) is 4.02. The second-order valence-corrected chi connectivity index (χ2v) is 4.62. The van der Waals surface area contributed by atoms with Gasteiger partial charge in [-0.05, 0) is 30.7 Å². The van der Waals surface area contributed by atoms with Gasteiger partial charge in [0.2, 0.25) is 11.8 Å². The molecule has 0 atom stereocenters. The highest BCUT2D eigenvalue weighted by atomic mass is 35.5. The van der Waals surface area contributed by atoms with E-state index in [1.54, 1.807) is 14.2 Å². The largest absolute Gasteiger partial charge is 0.481 e. The molecule has 1 aromatic carbocycles. The summed E-state index contributed by atoms with van der Waals surface area (Å²) < 4.78 is 10.5. The van der Waals surface area contributed by atoms with Crippen molar-refractivity contribution in [2.45, 2.75) is 13.5 Å². The highest BCUT2D eigenvalue weighted by Gasteiger charge is 2.12. The van der Waals surface area contributed by atoms with Crippen molar-refractivity contribution >= 4 is 17.3 Å². The van der Waals surface area contributed by atoms with E-state index in [2.05, 4.69) is 15.3 Å². The minimum atomic E-state index is 0.496. The lowest BCUT2D eigenvalue weighted by molar-refractivity contribution is 0.363. The van der Waals surface area contributed by atoms with Gasteiger partial charge in [0.05, 0.1) is 26.3 Å². The molecule has 20 heavy (non-hydrogen) atoms. The van der Waals surface area contributed by atoms with E-state index in [1.165, 1.54) is 6.33 Å². The van der Waals surface area contributed by atoms with Crippen LogP contribution in [-0.4, -0.2) is 24.2 Å². The van der Waals surface area contributed by atoms with Crippen molar-refractivity contribution in [1.82, 2.24) is 9.97 Å². The molecule has 2 rings (SSSR count). The van der Waals surface area contributed by atoms with Crippen LogP contribution in [0.15, 0.2) is 24.5 Å². The van der Waals surface area contributed by atoms with E-state index in [1.807, 2.05) is 25.1 Å². The van der Waals surface area contributed by atoms with Crippen LogP contribution in [0, 0.1) is 6.92 Å². The normalized spacial score (nSPS) is 10.2. The molecule has 1 N–H and O–H groups in total. The van der Waals surface area contributed by atoms with Crippen LogP contribution < -0.4 is 14.8 Å². The lowest BCUT2D eigenvalue weighted by Crippen LogP contribution is -2.07. The molecular weight excluding hydrogens is 278 g/mol. The molecule has 0 saturated heterocycles. The summed E-state index contributed by atoms with van der Waals surface area (Å²) in [5.41, 5.74) is 2.82. The molecule has 0 aliphatic carbocycles. The van der Waals surface area contributed by atoms with Gasteiger partial charge in [0.15, 0.2) is 0 Å². The van der Waals surface area contributed by atoms with Crippen LogP contribution in [0.3, 0.4) is 0 Å². The van der Waals surface area contributed by atoms with Gasteiger partial charge in [-0.15, -0.1) is 0 Å². The molecule has 5 nitrogen and oxygen atoms in total. The highest BCUT2D eigenvalue weighted by Crippen LogP contribution is 2.26. The summed E-state index contributed by atoms with van der Waals surface area (Å²) in [5.74, 6) is 0.993. The Labute approximate surface area is 122 Å². The van der Waals surface area contributed by atoms with E-state index in [4.69, 9.17) is 21.1 Å². The number of hydrogen-bond donors (Lipinski definition) is 1. The number of hydrogen-bond acceptors (Lipinski definition) is 5. The number of aryl methyl sites for hydroxylation is 1. The van der Waals surface area contributed by atoms with Gasteiger partial charge in [-0.3, -0.25) is 0 Å². The maximum absolute atomic E-state index is 5.94. The number of methoxy groups -OCH3 is 2. The molecule has 6 heteroatoms. The standard InChI is InChI=1S/C14H16ClN3O2/c1-9-6-10(15)4-5-12(9)16-7-11-13(19-2)17-8-18-14(11)20-3/h4-6,8,16H,7H2,1-3H3. The Kier molecular flexibility index (Phi) is 4.63. The van der Waals surface area contributed by atoms with Gasteiger partial charge in [0.25, 0.3) is 0 Å². The van der Waals surface area contributed by atoms with Crippen LogP contribution in [0.5, 0.6) is 11.8 Å². The second kappa shape index (κ2) is 6.43. The monoisotopic (exact) mass is 293 g/mol. The lowest BCUT2D eigenvalue weighted by Gasteiger charge is -2.13. The number of rotatable bonds is 5. The molecule has 0 unspecified atom stereocenters. The first-order chi connectivity index (χ1) is 9.65. The molecule has 106 valence electrons. The maximum Gasteiger partial charge on any atom is 0.225 e. The van der Waals surface area contributed by atoms with Crippen molar-refractivity contribution in [3.63, 3.8) is 0 Å². The van der Waals surface area contributed by atoms with Crippen molar-refractivity contribution in [2.24, 2.45) is 0 Å². The summed E-state index contributed by atoms with van der Waals surface area (Å²) in [6.07, 6.45) is 1.41. The minimum Gasteiger partial charge on any atom is -0.481 e. The number of nitrogens with one attached hydrogen (secondary N) is 1. The van der Waals surface area contributed by atoms with E-state index in [-0.39, 0.29) is 0 Å². The zero-order valence-electron chi connectivity index (χ0n) is 11.6. The van der Waals surface area contributed by atoms with Crippen molar-refractivity contribution in [2.75, 3.05) is 19.5 Å². The second-order valence-electron chi connectivity index (χ2n) is 4.18. The van der Waals surface area contributed by atoms with E-state index < -0.39 is 0 Å². The van der Waals surface area contributed by atoms with Crippen molar-refractivity contribution in [3.8, 4) is 11.8 Å². The Bertz CT molecular complexity index is 583. The van der Waals surface area contributed by atoms with Crippen LogP contribution >= 0.6 is 11.6 Å². The molecule has 0 bridgehead atoms. The fourth-order valence-corrected chi connectivity index (χ4v) is 2.12. The maximum atomic E-state index is 5.94. The number of nitrogens with zero attached hydrogens (tertiary/aromatic N) is 2. The third-order valence-electron chi connectivity index (χ3n) is 2.90. The smallest absolute Gasteiger partial charge is 0.225 e. The van der Waals surface area contributed by atoms with E-state index in [0.29, 0.717) is 23.3 Å². The zero-order valence-corrected chi connectivity index (χ0v) is 12.4. The predicted octanol–water partition coefficient (Wildman–Crippen LogP) is 3.07. The van der Waals surface area contributed by atoms with Crippen molar-refractivity contribution in [3.05, 3.63) is 40.7 Å². The molecule has 0 radical (unpaired) electrons. The number of benzene rings is 1. The van der Waals surface area contributed by atoms with E-state index in [0.717, 1.165) is 16.8 Å². The van der Waals surface area contributed by atoms with Crippen LogP contribution in [0.25, 0.3) is 0 Å². The summed E-state index contributed by atoms with van der Waals surface area (Å²) in [4.78, 5) is 8.16. The minimum absolute atomic E-state index is 0.496. The average molecular weight is 294 g/mol. The molecule has 0 fully saturated rings. The molecule has 2 aromatic rings. The van der Waals surface area contributed by atoms with Crippen LogP contribution in [-0.2, 0) is 6.54 Å². The molecule has 0 amide bonds. The number of ether oxygens (including phenoxy) is 2. The number of halogens is 1. The molecule has 0 aliphatic rings. The molecule has 1 aromatic heterocycles. The topological polar surface area (TPSA) is 56.3 Å².